The number of aliphatic hydroxyl groups is 1. The monoisotopic (exact) mass is 406 g/mol. The van der Waals surface area contributed by atoms with Crippen LogP contribution >= 0.6 is 0 Å². The summed E-state index contributed by atoms with van der Waals surface area (Å²) in [6, 6.07) is 13.0. The second kappa shape index (κ2) is 10.2. The van der Waals surface area contributed by atoms with Gasteiger partial charge in [0.05, 0.1) is 7.11 Å². The molecule has 2 aromatic carbocycles. The van der Waals surface area contributed by atoms with Crippen LogP contribution in [-0.4, -0.2) is 45.7 Å². The topological polar surface area (TPSA) is 105 Å². The van der Waals surface area contributed by atoms with Crippen LogP contribution in [0.5, 0.6) is 5.75 Å². The maximum absolute atomic E-state index is 13.0. The highest BCUT2D eigenvalue weighted by molar-refractivity contribution is 7.89. The summed E-state index contributed by atoms with van der Waals surface area (Å²) in [7, 11) is -2.61. The number of carbonyl (C=O) groups excluding carboxylic acids is 1. The summed E-state index contributed by atoms with van der Waals surface area (Å²) in [5, 5.41) is 11.6. The van der Waals surface area contributed by atoms with Crippen molar-refractivity contribution in [2.45, 2.75) is 30.7 Å². The van der Waals surface area contributed by atoms with Crippen LogP contribution in [0.3, 0.4) is 0 Å². The van der Waals surface area contributed by atoms with Gasteiger partial charge in [-0.25, -0.2) is 8.42 Å². The lowest BCUT2D eigenvalue weighted by molar-refractivity contribution is -0.122. The number of benzene rings is 2. The molecule has 0 bridgehead atoms. The van der Waals surface area contributed by atoms with Crippen molar-refractivity contribution in [1.82, 2.24) is 10.0 Å². The zero-order chi connectivity index (χ0) is 20.6. The molecule has 1 atom stereocenters. The van der Waals surface area contributed by atoms with E-state index < -0.39 is 22.0 Å². The molecule has 152 valence electrons. The second-order valence-electron chi connectivity index (χ2n) is 6.39. The molecule has 8 heteroatoms. The molecule has 0 aliphatic rings. The van der Waals surface area contributed by atoms with Crippen LogP contribution in [0.15, 0.2) is 53.4 Å². The van der Waals surface area contributed by atoms with Crippen LogP contribution in [0, 0.1) is 6.92 Å². The Kier molecular flexibility index (Phi) is 7.98. The van der Waals surface area contributed by atoms with E-state index in [2.05, 4.69) is 10.0 Å². The van der Waals surface area contributed by atoms with Gasteiger partial charge in [0.25, 0.3) is 0 Å². The summed E-state index contributed by atoms with van der Waals surface area (Å²) in [5.41, 5.74) is 1.58. The number of nitrogens with one attached hydrogen (secondary N) is 2. The number of sulfonamides is 1. The predicted octanol–water partition coefficient (Wildman–Crippen LogP) is 1.39. The van der Waals surface area contributed by atoms with Crippen molar-refractivity contribution in [3.05, 3.63) is 59.7 Å². The maximum Gasteiger partial charge on any atom is 0.244 e. The fraction of sp³-hybridized carbons (Fsp3) is 0.350. The molecule has 1 amide bonds. The lowest BCUT2D eigenvalue weighted by Gasteiger charge is -2.20. The molecule has 0 saturated heterocycles. The van der Waals surface area contributed by atoms with Gasteiger partial charge >= 0.3 is 0 Å². The number of aliphatic hydroxyl groups excluding tert-OH is 1. The molecule has 0 heterocycles. The lowest BCUT2D eigenvalue weighted by atomic mass is 10.1. The molecule has 2 aromatic rings. The summed E-state index contributed by atoms with van der Waals surface area (Å²) in [6.07, 6.45) is 0.585. The quantitative estimate of drug-likeness (QED) is 0.517. The van der Waals surface area contributed by atoms with Crippen molar-refractivity contribution in [2.75, 3.05) is 20.3 Å². The van der Waals surface area contributed by atoms with Crippen molar-refractivity contribution >= 4 is 15.9 Å². The van der Waals surface area contributed by atoms with E-state index in [4.69, 9.17) is 9.84 Å². The van der Waals surface area contributed by atoms with Gasteiger partial charge in [0.1, 0.15) is 16.7 Å². The van der Waals surface area contributed by atoms with Crippen molar-refractivity contribution < 1.29 is 23.1 Å². The van der Waals surface area contributed by atoms with E-state index in [1.807, 2.05) is 30.3 Å². The number of aryl methyl sites for hydroxylation is 1. The summed E-state index contributed by atoms with van der Waals surface area (Å²) in [6.45, 7) is 1.98. The maximum atomic E-state index is 13.0. The third-order valence-corrected chi connectivity index (χ3v) is 5.63. The minimum absolute atomic E-state index is 0.0174. The molecular weight excluding hydrogens is 380 g/mol. The normalized spacial score (nSPS) is 12.4. The van der Waals surface area contributed by atoms with Gasteiger partial charge in [0.2, 0.25) is 15.9 Å². The molecule has 0 saturated carbocycles. The lowest BCUT2D eigenvalue weighted by Crippen LogP contribution is -2.48. The standard InChI is InChI=1S/C20H26N2O5S/c1-15-9-10-18(27-2)19(13-15)28(25,26)22-17(20(24)21-11-6-12-23)14-16-7-4-3-5-8-16/h3-5,7-10,13,17,22-23H,6,11-12,14H2,1-2H3,(H,21,24)/t17-/m1/s1. The van der Waals surface area contributed by atoms with E-state index >= 15 is 0 Å². The minimum atomic E-state index is -4.01. The molecular formula is C20H26N2O5S. The Morgan fingerprint density at radius 2 is 1.89 bits per heavy atom. The molecule has 0 fully saturated rings. The number of amides is 1. The molecule has 0 aliphatic heterocycles. The summed E-state index contributed by atoms with van der Waals surface area (Å²) >= 11 is 0. The molecule has 28 heavy (non-hydrogen) atoms. The van der Waals surface area contributed by atoms with Crippen molar-refractivity contribution in [3.63, 3.8) is 0 Å². The second-order valence-corrected chi connectivity index (χ2v) is 8.07. The smallest absolute Gasteiger partial charge is 0.244 e. The van der Waals surface area contributed by atoms with E-state index in [9.17, 15) is 13.2 Å². The zero-order valence-corrected chi connectivity index (χ0v) is 16.8. The number of hydrogen-bond donors (Lipinski definition) is 3. The first kappa shape index (κ1) is 21.9. The Balaban J connectivity index is 2.29. The van der Waals surface area contributed by atoms with Crippen LogP contribution in [0.4, 0.5) is 0 Å². The Hall–Kier alpha value is -2.42. The molecule has 0 radical (unpaired) electrons. The van der Waals surface area contributed by atoms with E-state index in [1.54, 1.807) is 19.1 Å². The van der Waals surface area contributed by atoms with Crippen molar-refractivity contribution in [1.29, 1.82) is 0 Å². The number of rotatable bonds is 10. The van der Waals surface area contributed by atoms with Crippen molar-refractivity contribution in [3.8, 4) is 5.75 Å². The molecule has 0 unspecified atom stereocenters. The van der Waals surface area contributed by atoms with Gasteiger partial charge in [-0.3, -0.25) is 4.79 Å². The Labute approximate surface area is 165 Å². The van der Waals surface area contributed by atoms with Crippen LogP contribution in [-0.2, 0) is 21.2 Å². The first-order valence-corrected chi connectivity index (χ1v) is 10.4. The highest BCUT2D eigenvalue weighted by atomic mass is 32.2. The fourth-order valence-electron chi connectivity index (χ4n) is 2.70. The van der Waals surface area contributed by atoms with E-state index in [1.165, 1.54) is 13.2 Å². The molecule has 0 aliphatic carbocycles. The summed E-state index contributed by atoms with van der Waals surface area (Å²) in [5.74, 6) is -0.246. The molecule has 0 aromatic heterocycles. The molecule has 0 spiro atoms. The number of hydrogen-bond acceptors (Lipinski definition) is 5. The number of ether oxygens (including phenoxy) is 1. The third kappa shape index (κ3) is 6.05. The first-order valence-electron chi connectivity index (χ1n) is 8.97. The van der Waals surface area contributed by atoms with Crippen LogP contribution in [0.2, 0.25) is 0 Å². The average molecular weight is 407 g/mol. The number of carbonyl (C=O) groups is 1. The van der Waals surface area contributed by atoms with Gasteiger partial charge in [0, 0.05) is 13.2 Å². The Bertz CT molecular complexity index is 885. The van der Waals surface area contributed by atoms with Gasteiger partial charge in [-0.05, 0) is 43.0 Å². The number of methoxy groups -OCH3 is 1. The van der Waals surface area contributed by atoms with Crippen molar-refractivity contribution in [2.24, 2.45) is 0 Å². The van der Waals surface area contributed by atoms with E-state index in [-0.39, 0.29) is 30.2 Å². The Morgan fingerprint density at radius 3 is 2.54 bits per heavy atom. The van der Waals surface area contributed by atoms with Crippen LogP contribution in [0.25, 0.3) is 0 Å². The van der Waals surface area contributed by atoms with Gasteiger partial charge in [0.15, 0.2) is 0 Å². The average Bonchev–Trinajstić information content (AvgIpc) is 2.68. The summed E-state index contributed by atoms with van der Waals surface area (Å²) in [4.78, 5) is 12.6. The molecule has 3 N–H and O–H groups in total. The third-order valence-electron chi connectivity index (χ3n) is 4.14. The zero-order valence-electron chi connectivity index (χ0n) is 16.0. The largest absolute Gasteiger partial charge is 0.495 e. The van der Waals surface area contributed by atoms with E-state index in [0.717, 1.165) is 11.1 Å². The first-order chi connectivity index (χ1) is 13.4. The van der Waals surface area contributed by atoms with Gasteiger partial charge in [-0.2, -0.15) is 4.72 Å². The Morgan fingerprint density at radius 1 is 1.18 bits per heavy atom. The summed E-state index contributed by atoms with van der Waals surface area (Å²) < 4.78 is 33.7. The highest BCUT2D eigenvalue weighted by Crippen LogP contribution is 2.25. The van der Waals surface area contributed by atoms with Gasteiger partial charge < -0.3 is 15.2 Å². The van der Waals surface area contributed by atoms with Gasteiger partial charge in [-0.1, -0.05) is 36.4 Å². The fourth-order valence-corrected chi connectivity index (χ4v) is 4.15. The molecule has 2 rings (SSSR count). The van der Waals surface area contributed by atoms with E-state index in [0.29, 0.717) is 6.42 Å². The predicted molar refractivity (Wildman–Crippen MR) is 107 cm³/mol. The van der Waals surface area contributed by atoms with Crippen LogP contribution < -0.4 is 14.8 Å². The molecule has 7 nitrogen and oxygen atoms in total. The van der Waals surface area contributed by atoms with Crippen LogP contribution in [0.1, 0.15) is 17.5 Å². The van der Waals surface area contributed by atoms with Gasteiger partial charge in [-0.15, -0.1) is 0 Å². The SMILES string of the molecule is COc1ccc(C)cc1S(=O)(=O)N[C@H](Cc1ccccc1)C(=O)NCCCO. The minimum Gasteiger partial charge on any atom is -0.495 e. The highest BCUT2D eigenvalue weighted by Gasteiger charge is 2.28.